The van der Waals surface area contributed by atoms with Crippen molar-refractivity contribution in [3.63, 3.8) is 0 Å². The Labute approximate surface area is 122 Å². The number of aromatic carboxylic acids is 1. The van der Waals surface area contributed by atoms with Crippen molar-refractivity contribution in [3.8, 4) is 0 Å². The average Bonchev–Trinajstić information content (AvgIpc) is 2.42. The van der Waals surface area contributed by atoms with Crippen LogP contribution >= 0.6 is 11.6 Å². The first-order valence-corrected chi connectivity index (χ1v) is 5.86. The number of nitrogens with zero attached hydrogens (tertiary/aromatic N) is 2. The topological polar surface area (TPSA) is 105 Å². The molecule has 9 heteroatoms. The molecule has 0 spiro atoms. The fourth-order valence-corrected chi connectivity index (χ4v) is 1.74. The van der Waals surface area contributed by atoms with Gasteiger partial charge in [0.1, 0.15) is 23.4 Å². The number of carboxylic acids is 1. The molecule has 108 valence electrons. The van der Waals surface area contributed by atoms with E-state index in [1.807, 2.05) is 0 Å². The minimum absolute atomic E-state index is 0.0562. The average molecular weight is 312 g/mol. The van der Waals surface area contributed by atoms with Crippen LogP contribution in [0.5, 0.6) is 0 Å². The molecule has 0 aliphatic carbocycles. The van der Waals surface area contributed by atoms with E-state index >= 15 is 0 Å². The van der Waals surface area contributed by atoms with Gasteiger partial charge in [0.15, 0.2) is 0 Å². The van der Waals surface area contributed by atoms with Gasteiger partial charge in [-0.1, -0.05) is 11.6 Å². The van der Waals surface area contributed by atoms with E-state index in [4.69, 9.17) is 16.7 Å². The molecule has 0 atom stereocenters. The van der Waals surface area contributed by atoms with E-state index in [2.05, 4.69) is 10.3 Å². The monoisotopic (exact) mass is 311 g/mol. The molecule has 0 saturated carbocycles. The lowest BCUT2D eigenvalue weighted by Crippen LogP contribution is -2.05. The molecule has 2 rings (SSSR count). The summed E-state index contributed by atoms with van der Waals surface area (Å²) in [6.45, 7) is 0. The van der Waals surface area contributed by atoms with Crippen molar-refractivity contribution in [1.82, 2.24) is 4.98 Å². The molecule has 1 aromatic carbocycles. The number of pyridine rings is 1. The first-order valence-electron chi connectivity index (χ1n) is 5.48. The second-order valence-electron chi connectivity index (χ2n) is 3.90. The summed E-state index contributed by atoms with van der Waals surface area (Å²) >= 11 is 5.61. The Balaban J connectivity index is 2.36. The van der Waals surface area contributed by atoms with Gasteiger partial charge in [0.05, 0.1) is 9.95 Å². The number of aromatic nitrogens is 1. The Hall–Kier alpha value is -2.74. The third-order valence-electron chi connectivity index (χ3n) is 2.50. The van der Waals surface area contributed by atoms with Crippen LogP contribution in [0.3, 0.4) is 0 Å². The summed E-state index contributed by atoms with van der Waals surface area (Å²) in [5.41, 5.74) is -0.769. The zero-order chi connectivity index (χ0) is 15.6. The van der Waals surface area contributed by atoms with Gasteiger partial charge in [-0.2, -0.15) is 0 Å². The minimum Gasteiger partial charge on any atom is -0.477 e. The number of halogens is 2. The van der Waals surface area contributed by atoms with Crippen LogP contribution in [-0.2, 0) is 0 Å². The number of rotatable bonds is 4. The number of nitro groups is 1. The maximum atomic E-state index is 13.0. The molecule has 1 heterocycles. The Kier molecular flexibility index (Phi) is 3.99. The van der Waals surface area contributed by atoms with Crippen molar-refractivity contribution in [2.24, 2.45) is 0 Å². The summed E-state index contributed by atoms with van der Waals surface area (Å²) in [6, 6.07) is 4.77. The van der Waals surface area contributed by atoms with E-state index in [0.29, 0.717) is 5.69 Å². The lowest BCUT2D eigenvalue weighted by molar-refractivity contribution is -0.385. The van der Waals surface area contributed by atoms with E-state index < -0.39 is 28.0 Å². The van der Waals surface area contributed by atoms with Gasteiger partial charge in [-0.05, 0) is 18.2 Å². The number of anilines is 2. The van der Waals surface area contributed by atoms with Crippen LogP contribution in [0.2, 0.25) is 5.02 Å². The van der Waals surface area contributed by atoms with Crippen LogP contribution in [0.4, 0.5) is 21.6 Å². The standard InChI is InChI=1S/C12H7ClFN3O4/c13-8-3-6(1-2-9(8)14)16-11-4-7(12(18)19)10(5-15-11)17(20)21/h1-5H,(H,15,16)(H,18,19). The normalized spacial score (nSPS) is 10.2. The number of hydrogen-bond acceptors (Lipinski definition) is 5. The van der Waals surface area contributed by atoms with Gasteiger partial charge in [-0.3, -0.25) is 10.1 Å². The van der Waals surface area contributed by atoms with Crippen LogP contribution in [0.15, 0.2) is 30.5 Å². The minimum atomic E-state index is -1.45. The van der Waals surface area contributed by atoms with Gasteiger partial charge < -0.3 is 10.4 Å². The summed E-state index contributed by atoms with van der Waals surface area (Å²) in [5.74, 6) is -2.00. The lowest BCUT2D eigenvalue weighted by Gasteiger charge is -2.07. The SMILES string of the molecule is O=C(O)c1cc(Nc2ccc(F)c(Cl)c2)ncc1[N+](=O)[O-]. The molecule has 2 N–H and O–H groups in total. The highest BCUT2D eigenvalue weighted by Gasteiger charge is 2.21. The Morgan fingerprint density at radius 1 is 1.43 bits per heavy atom. The number of carboxylic acid groups (broad SMARTS) is 1. The van der Waals surface area contributed by atoms with E-state index in [-0.39, 0.29) is 10.8 Å². The number of carbonyl (C=O) groups is 1. The molecular weight excluding hydrogens is 305 g/mol. The van der Waals surface area contributed by atoms with Gasteiger partial charge in [-0.15, -0.1) is 0 Å². The molecule has 0 unspecified atom stereocenters. The van der Waals surface area contributed by atoms with Crippen LogP contribution in [-0.4, -0.2) is 21.0 Å². The first kappa shape index (κ1) is 14.7. The second kappa shape index (κ2) is 5.71. The van der Waals surface area contributed by atoms with Crippen LogP contribution < -0.4 is 5.32 Å². The van der Waals surface area contributed by atoms with Gasteiger partial charge in [-0.25, -0.2) is 14.2 Å². The van der Waals surface area contributed by atoms with E-state index in [1.54, 1.807) is 0 Å². The van der Waals surface area contributed by atoms with Crippen molar-refractivity contribution in [1.29, 1.82) is 0 Å². The first-order chi connectivity index (χ1) is 9.88. The van der Waals surface area contributed by atoms with Gasteiger partial charge >= 0.3 is 11.7 Å². The zero-order valence-electron chi connectivity index (χ0n) is 10.2. The highest BCUT2D eigenvalue weighted by Crippen LogP contribution is 2.25. The van der Waals surface area contributed by atoms with Crippen molar-refractivity contribution in [2.45, 2.75) is 0 Å². The van der Waals surface area contributed by atoms with Crippen LogP contribution in [0, 0.1) is 15.9 Å². The maximum Gasteiger partial charge on any atom is 0.342 e. The predicted molar refractivity (Wildman–Crippen MR) is 72.5 cm³/mol. The third-order valence-corrected chi connectivity index (χ3v) is 2.79. The summed E-state index contributed by atoms with van der Waals surface area (Å²) < 4.78 is 13.0. The van der Waals surface area contributed by atoms with Crippen LogP contribution in [0.1, 0.15) is 10.4 Å². The fraction of sp³-hybridized carbons (Fsp3) is 0. The number of benzene rings is 1. The predicted octanol–water partition coefficient (Wildman–Crippen LogP) is 3.22. The van der Waals surface area contributed by atoms with Gasteiger partial charge in [0, 0.05) is 11.8 Å². The van der Waals surface area contributed by atoms with Crippen molar-refractivity contribution in [3.05, 3.63) is 57.0 Å². The Morgan fingerprint density at radius 2 is 2.14 bits per heavy atom. The van der Waals surface area contributed by atoms with Crippen molar-refractivity contribution in [2.75, 3.05) is 5.32 Å². The van der Waals surface area contributed by atoms with E-state index in [1.165, 1.54) is 12.1 Å². The van der Waals surface area contributed by atoms with Gasteiger partial charge in [0.25, 0.3) is 0 Å². The molecule has 0 radical (unpaired) electrons. The molecule has 7 nitrogen and oxygen atoms in total. The molecule has 21 heavy (non-hydrogen) atoms. The summed E-state index contributed by atoms with van der Waals surface area (Å²) in [6.07, 6.45) is 0.830. The Bertz CT molecular complexity index is 738. The van der Waals surface area contributed by atoms with Crippen LogP contribution in [0.25, 0.3) is 0 Å². The van der Waals surface area contributed by atoms with E-state index in [9.17, 15) is 19.3 Å². The number of hydrogen-bond donors (Lipinski definition) is 2. The molecule has 0 aliphatic rings. The zero-order valence-corrected chi connectivity index (χ0v) is 11.0. The molecule has 0 fully saturated rings. The molecule has 0 bridgehead atoms. The number of nitrogens with one attached hydrogen (secondary N) is 1. The lowest BCUT2D eigenvalue weighted by atomic mass is 10.2. The molecular formula is C12H7ClFN3O4. The summed E-state index contributed by atoms with van der Waals surface area (Å²) in [7, 11) is 0. The highest BCUT2D eigenvalue weighted by molar-refractivity contribution is 6.31. The van der Waals surface area contributed by atoms with Crippen molar-refractivity contribution < 1.29 is 19.2 Å². The largest absolute Gasteiger partial charge is 0.477 e. The molecule has 0 amide bonds. The fourth-order valence-electron chi connectivity index (χ4n) is 1.56. The van der Waals surface area contributed by atoms with Gasteiger partial charge in [0.2, 0.25) is 0 Å². The molecule has 1 aromatic heterocycles. The molecule has 2 aromatic rings. The van der Waals surface area contributed by atoms with Crippen molar-refractivity contribution >= 4 is 34.8 Å². The third kappa shape index (κ3) is 3.23. The quantitative estimate of drug-likeness (QED) is 0.663. The maximum absolute atomic E-state index is 13.0. The molecule has 0 aliphatic heterocycles. The second-order valence-corrected chi connectivity index (χ2v) is 4.31. The summed E-state index contributed by atoms with van der Waals surface area (Å²) in [4.78, 5) is 24.6. The summed E-state index contributed by atoms with van der Waals surface area (Å²) in [5, 5.41) is 22.2. The molecule has 0 saturated heterocycles. The highest BCUT2D eigenvalue weighted by atomic mass is 35.5. The van der Waals surface area contributed by atoms with E-state index in [0.717, 1.165) is 18.3 Å². The smallest absolute Gasteiger partial charge is 0.342 e. The Morgan fingerprint density at radius 3 is 2.71 bits per heavy atom.